The van der Waals surface area contributed by atoms with Gasteiger partial charge in [0.15, 0.2) is 0 Å². The Morgan fingerprint density at radius 2 is 1.86 bits per heavy atom. The number of H-pyrrole nitrogens is 1. The molecule has 0 spiro atoms. The zero-order valence-corrected chi connectivity index (χ0v) is 19.9. The normalized spacial score (nSPS) is 15.1. The Morgan fingerprint density at radius 3 is 2.60 bits per heavy atom. The van der Waals surface area contributed by atoms with Crippen molar-refractivity contribution in [3.63, 3.8) is 0 Å². The Morgan fingerprint density at radius 1 is 1.03 bits per heavy atom. The Hall–Kier alpha value is -3.72. The molecule has 8 nitrogen and oxygen atoms in total. The number of hydrogen-bond acceptors (Lipinski definition) is 7. The maximum atomic E-state index is 11.2. The van der Waals surface area contributed by atoms with Crippen molar-refractivity contribution in [2.45, 2.75) is 26.0 Å². The molecule has 0 saturated heterocycles. The van der Waals surface area contributed by atoms with Gasteiger partial charge in [0, 0.05) is 28.7 Å². The fourth-order valence-electron chi connectivity index (χ4n) is 4.80. The first-order valence-corrected chi connectivity index (χ1v) is 11.5. The smallest absolute Gasteiger partial charge is 0.125 e. The van der Waals surface area contributed by atoms with E-state index in [0.29, 0.717) is 17.9 Å². The topological polar surface area (TPSA) is 102 Å². The van der Waals surface area contributed by atoms with Gasteiger partial charge in [-0.05, 0) is 78.6 Å². The van der Waals surface area contributed by atoms with Gasteiger partial charge in [0.1, 0.15) is 23.9 Å². The molecule has 0 saturated carbocycles. The first-order chi connectivity index (χ1) is 17.0. The summed E-state index contributed by atoms with van der Waals surface area (Å²) in [6.07, 6.45) is 0.940. The second-order valence-electron chi connectivity index (χ2n) is 8.65. The fourth-order valence-corrected chi connectivity index (χ4v) is 4.80. The number of ether oxygens (including phenoxy) is 3. The van der Waals surface area contributed by atoms with E-state index in [9.17, 15) is 10.4 Å². The highest BCUT2D eigenvalue weighted by Gasteiger charge is 2.26. The van der Waals surface area contributed by atoms with Gasteiger partial charge in [0.2, 0.25) is 0 Å². The zero-order valence-electron chi connectivity index (χ0n) is 19.9. The van der Waals surface area contributed by atoms with Crippen LogP contribution in [0.4, 0.5) is 5.69 Å². The molecule has 35 heavy (non-hydrogen) atoms. The van der Waals surface area contributed by atoms with Crippen molar-refractivity contribution in [2.24, 2.45) is 0 Å². The SMILES string of the molecule is COc1ccc2[nH]c3c(c2c1)CCN[C@@H]3c1ccc(OC)c(COc2ccc(N([O-])O)c(C)c2)c1. The quantitative estimate of drug-likeness (QED) is 0.324. The average molecular weight is 475 g/mol. The predicted octanol–water partition coefficient (Wildman–Crippen LogP) is 5.00. The van der Waals surface area contributed by atoms with E-state index in [1.165, 1.54) is 17.0 Å². The maximum Gasteiger partial charge on any atom is 0.125 e. The third-order valence-corrected chi connectivity index (χ3v) is 6.56. The molecule has 3 aromatic carbocycles. The lowest BCUT2D eigenvalue weighted by molar-refractivity contribution is 0.292. The molecule has 0 bridgehead atoms. The molecule has 0 fully saturated rings. The number of hydrogen-bond donors (Lipinski definition) is 3. The van der Waals surface area contributed by atoms with Crippen LogP contribution in [-0.4, -0.2) is 31.0 Å². The molecule has 0 unspecified atom stereocenters. The summed E-state index contributed by atoms with van der Waals surface area (Å²) < 4.78 is 17.0. The number of rotatable bonds is 7. The van der Waals surface area contributed by atoms with Crippen molar-refractivity contribution in [2.75, 3.05) is 26.0 Å². The molecule has 1 aliphatic heterocycles. The highest BCUT2D eigenvalue weighted by molar-refractivity contribution is 5.86. The van der Waals surface area contributed by atoms with Crippen molar-refractivity contribution in [3.8, 4) is 17.2 Å². The number of nitrogens with zero attached hydrogens (tertiary/aromatic N) is 1. The Kier molecular flexibility index (Phi) is 6.25. The van der Waals surface area contributed by atoms with Crippen LogP contribution in [0.3, 0.4) is 0 Å². The highest BCUT2D eigenvalue weighted by Crippen LogP contribution is 2.36. The van der Waals surface area contributed by atoms with Crippen LogP contribution in [0.5, 0.6) is 17.2 Å². The minimum Gasteiger partial charge on any atom is -0.733 e. The lowest BCUT2D eigenvalue weighted by Gasteiger charge is -2.26. The molecule has 3 N–H and O–H groups in total. The van der Waals surface area contributed by atoms with E-state index in [-0.39, 0.29) is 17.0 Å². The van der Waals surface area contributed by atoms with Gasteiger partial charge in [0.25, 0.3) is 0 Å². The van der Waals surface area contributed by atoms with Gasteiger partial charge in [-0.3, -0.25) is 5.21 Å². The number of aryl methyl sites for hydroxylation is 1. The van der Waals surface area contributed by atoms with E-state index < -0.39 is 0 Å². The molecule has 5 rings (SSSR count). The average Bonchev–Trinajstić information content (AvgIpc) is 3.25. The second-order valence-corrected chi connectivity index (χ2v) is 8.65. The summed E-state index contributed by atoms with van der Waals surface area (Å²) in [6.45, 7) is 2.90. The van der Waals surface area contributed by atoms with Crippen molar-refractivity contribution in [1.82, 2.24) is 10.3 Å². The van der Waals surface area contributed by atoms with Gasteiger partial charge >= 0.3 is 0 Å². The number of benzene rings is 3. The lowest BCUT2D eigenvalue weighted by atomic mass is 9.93. The highest BCUT2D eigenvalue weighted by atomic mass is 16.8. The number of aromatic nitrogens is 1. The van der Waals surface area contributed by atoms with Gasteiger partial charge in [0.05, 0.1) is 25.9 Å². The van der Waals surface area contributed by atoms with Crippen molar-refractivity contribution >= 4 is 16.6 Å². The van der Waals surface area contributed by atoms with E-state index >= 15 is 0 Å². The largest absolute Gasteiger partial charge is 0.733 e. The predicted molar refractivity (Wildman–Crippen MR) is 135 cm³/mol. The van der Waals surface area contributed by atoms with Crippen LogP contribution >= 0.6 is 0 Å². The monoisotopic (exact) mass is 474 g/mol. The van der Waals surface area contributed by atoms with Crippen molar-refractivity contribution in [3.05, 3.63) is 87.8 Å². The Bertz CT molecular complexity index is 1360. The first kappa shape index (κ1) is 23.0. The number of anilines is 1. The van der Waals surface area contributed by atoms with Crippen molar-refractivity contribution in [1.29, 1.82) is 0 Å². The lowest BCUT2D eigenvalue weighted by Crippen LogP contribution is -2.30. The van der Waals surface area contributed by atoms with Gasteiger partial charge in [-0.25, -0.2) is 0 Å². The van der Waals surface area contributed by atoms with Crippen LogP contribution in [0.25, 0.3) is 10.9 Å². The summed E-state index contributed by atoms with van der Waals surface area (Å²) in [4.78, 5) is 3.61. The molecule has 1 atom stereocenters. The zero-order chi connectivity index (χ0) is 24.5. The third-order valence-electron chi connectivity index (χ3n) is 6.56. The van der Waals surface area contributed by atoms with Gasteiger partial charge in [-0.2, -0.15) is 0 Å². The number of aromatic amines is 1. The van der Waals surface area contributed by atoms with Crippen LogP contribution in [0, 0.1) is 12.1 Å². The van der Waals surface area contributed by atoms with E-state index in [0.717, 1.165) is 46.8 Å². The van der Waals surface area contributed by atoms with E-state index in [2.05, 4.69) is 34.6 Å². The summed E-state index contributed by atoms with van der Waals surface area (Å²) in [5.41, 5.74) is 6.39. The van der Waals surface area contributed by atoms with Gasteiger partial charge in [-0.15, -0.1) is 0 Å². The minimum absolute atomic E-state index is 0.0101. The molecule has 0 aliphatic carbocycles. The van der Waals surface area contributed by atoms with Crippen LogP contribution in [0.15, 0.2) is 54.6 Å². The summed E-state index contributed by atoms with van der Waals surface area (Å²) in [5.74, 6) is 2.19. The number of nitrogens with one attached hydrogen (secondary N) is 2. The minimum atomic E-state index is -0.142. The van der Waals surface area contributed by atoms with Gasteiger partial charge in [-0.1, -0.05) is 6.07 Å². The Balaban J connectivity index is 1.44. The fraction of sp³-hybridized carbons (Fsp3) is 0.259. The molecule has 4 aromatic rings. The molecule has 1 aliphatic rings. The third kappa shape index (κ3) is 4.39. The van der Waals surface area contributed by atoms with E-state index in [4.69, 9.17) is 14.2 Å². The second kappa shape index (κ2) is 9.50. The molecular formula is C27H28N3O5-. The molecular weight excluding hydrogens is 446 g/mol. The van der Waals surface area contributed by atoms with E-state index in [1.807, 2.05) is 12.1 Å². The summed E-state index contributed by atoms with van der Waals surface area (Å²) in [7, 11) is 3.33. The molecule has 8 heteroatoms. The first-order valence-electron chi connectivity index (χ1n) is 11.5. The summed E-state index contributed by atoms with van der Waals surface area (Å²) in [6, 6.07) is 17.2. The standard InChI is InChI=1S/C27H28N3O5/c1-16-12-20(6-8-24(16)30(31)32)35-15-18-13-17(4-9-25(18)34-3)26-27-21(10-11-28-26)22-14-19(33-2)5-7-23(22)29-27/h4-9,12-14,26,28-29,31H,10-11,15H2,1-3H3/q-1/t26-/m1/s1. The van der Waals surface area contributed by atoms with Crippen LogP contribution in [0.2, 0.25) is 0 Å². The van der Waals surface area contributed by atoms with E-state index in [1.54, 1.807) is 33.3 Å². The molecule has 1 aromatic heterocycles. The van der Waals surface area contributed by atoms with Crippen LogP contribution in [0.1, 0.15) is 34.0 Å². The van der Waals surface area contributed by atoms with Crippen LogP contribution in [-0.2, 0) is 13.0 Å². The molecule has 0 radical (unpaired) electrons. The maximum absolute atomic E-state index is 11.2. The molecule has 0 amide bonds. The van der Waals surface area contributed by atoms with Crippen molar-refractivity contribution < 1.29 is 19.4 Å². The number of methoxy groups -OCH3 is 2. The summed E-state index contributed by atoms with van der Waals surface area (Å²) in [5, 5.41) is 25.1. The molecule has 182 valence electrons. The molecule has 2 heterocycles. The number of fused-ring (bicyclic) bond motifs is 3. The van der Waals surface area contributed by atoms with Crippen LogP contribution < -0.4 is 24.8 Å². The summed E-state index contributed by atoms with van der Waals surface area (Å²) >= 11 is 0. The Labute approximate surface area is 203 Å². The van der Waals surface area contributed by atoms with Gasteiger partial charge < -0.3 is 34.9 Å².